The number of ether oxygens (including phenoxy) is 11. The zero-order chi connectivity index (χ0) is 45.7. The van der Waals surface area contributed by atoms with Crippen LogP contribution in [-0.2, 0) is 61.8 Å². The minimum Gasteiger partial charge on any atom is -0.484 e. The lowest BCUT2D eigenvalue weighted by molar-refractivity contribution is -0.171. The van der Waals surface area contributed by atoms with E-state index in [9.17, 15) is 14.4 Å². The number of nitrogens with two attached hydrogens (primary N) is 2. The number of hydrogen-bond acceptors (Lipinski definition) is 19. The fourth-order valence-corrected chi connectivity index (χ4v) is 4.97. The van der Waals surface area contributed by atoms with Crippen LogP contribution in [-0.4, -0.2) is 206 Å². The first-order chi connectivity index (χ1) is 30.9. The molecule has 364 valence electrons. The molecule has 63 heavy (non-hydrogen) atoms. The molecule has 1 aromatic rings. The number of hydrogen-bond donors (Lipinski definition) is 5. The minimum absolute atomic E-state index is 0.128. The van der Waals surface area contributed by atoms with Gasteiger partial charge in [0.25, 0.3) is 5.91 Å². The van der Waals surface area contributed by atoms with Gasteiger partial charge in [0.1, 0.15) is 5.75 Å². The molecule has 0 saturated carbocycles. The predicted molar refractivity (Wildman–Crippen MR) is 235 cm³/mol. The van der Waals surface area contributed by atoms with Gasteiger partial charge < -0.3 is 73.9 Å². The minimum atomic E-state index is -0.335. The highest BCUT2D eigenvalue weighted by atomic mass is 32.2. The number of rotatable bonds is 44. The highest BCUT2D eigenvalue weighted by Crippen LogP contribution is 2.19. The SMILES string of the molecule is CCCN(C=O)OCCNC(=O)NCCOCCOCCOCCOCCOCCOCCOCCOCCOCCOCCNC(=O)COc1ccc(N(N)/C(=N\N)SC)cc1. The Kier molecular flexibility index (Phi) is 39.7. The normalized spacial score (nSPS) is 11.4. The number of hydrazone groups is 1. The van der Waals surface area contributed by atoms with E-state index in [-0.39, 0.29) is 31.7 Å². The molecule has 24 heteroatoms. The van der Waals surface area contributed by atoms with E-state index < -0.39 is 0 Å². The van der Waals surface area contributed by atoms with Crippen molar-refractivity contribution in [2.45, 2.75) is 13.3 Å². The van der Waals surface area contributed by atoms with Crippen LogP contribution in [0.3, 0.4) is 0 Å². The summed E-state index contributed by atoms with van der Waals surface area (Å²) in [5.74, 6) is 11.6. The maximum atomic E-state index is 12.0. The number of benzene rings is 1. The molecule has 0 aliphatic rings. The Morgan fingerprint density at radius 3 is 1.37 bits per heavy atom. The molecule has 4 amide bonds. The van der Waals surface area contributed by atoms with Gasteiger partial charge in [0.05, 0.1) is 144 Å². The van der Waals surface area contributed by atoms with E-state index in [1.807, 2.05) is 13.2 Å². The number of hydroxylamine groups is 2. The summed E-state index contributed by atoms with van der Waals surface area (Å²) >= 11 is 1.32. The average molecular weight is 925 g/mol. The lowest BCUT2D eigenvalue weighted by Gasteiger charge is -2.18. The molecular formula is C39H72N8O15S. The molecule has 0 aromatic heterocycles. The maximum absolute atomic E-state index is 12.0. The quantitative estimate of drug-likeness (QED) is 0.0141. The number of carbonyl (C=O) groups is 3. The molecule has 0 radical (unpaired) electrons. The number of hydrazine groups is 1. The number of urea groups is 1. The maximum Gasteiger partial charge on any atom is 0.314 e. The number of nitrogens with zero attached hydrogens (tertiary/aromatic N) is 3. The van der Waals surface area contributed by atoms with E-state index in [0.29, 0.717) is 175 Å². The molecule has 0 spiro atoms. The third kappa shape index (κ3) is 35.4. The fraction of sp³-hybridized carbons (Fsp3) is 0.744. The van der Waals surface area contributed by atoms with Crippen molar-refractivity contribution < 1.29 is 71.3 Å². The van der Waals surface area contributed by atoms with Crippen molar-refractivity contribution in [3.8, 4) is 5.75 Å². The Bertz CT molecular complexity index is 1270. The van der Waals surface area contributed by atoms with Gasteiger partial charge in [-0.15, -0.1) is 0 Å². The Balaban J connectivity index is 1.72. The number of thioether (sulfide) groups is 1. The van der Waals surface area contributed by atoms with Gasteiger partial charge in [-0.3, -0.25) is 19.4 Å². The first-order valence-electron chi connectivity index (χ1n) is 20.9. The molecule has 1 aromatic carbocycles. The van der Waals surface area contributed by atoms with Crippen molar-refractivity contribution >= 4 is 41.0 Å². The Hall–Kier alpha value is -3.63. The smallest absolute Gasteiger partial charge is 0.314 e. The summed E-state index contributed by atoms with van der Waals surface area (Å²) in [6.45, 7) is 12.2. The summed E-state index contributed by atoms with van der Waals surface area (Å²) in [4.78, 5) is 39.7. The summed E-state index contributed by atoms with van der Waals surface area (Å²) in [6.07, 6.45) is 3.22. The summed E-state index contributed by atoms with van der Waals surface area (Å²) in [7, 11) is 0. The molecule has 0 heterocycles. The van der Waals surface area contributed by atoms with E-state index in [1.165, 1.54) is 21.8 Å². The zero-order valence-corrected chi connectivity index (χ0v) is 37.8. The van der Waals surface area contributed by atoms with Crippen LogP contribution in [0, 0.1) is 0 Å². The van der Waals surface area contributed by atoms with Gasteiger partial charge in [0.15, 0.2) is 6.61 Å². The van der Waals surface area contributed by atoms with Gasteiger partial charge in [0, 0.05) is 26.2 Å². The van der Waals surface area contributed by atoms with Gasteiger partial charge in [0.2, 0.25) is 11.6 Å². The van der Waals surface area contributed by atoms with Crippen LogP contribution in [0.2, 0.25) is 0 Å². The Morgan fingerprint density at radius 2 is 1.00 bits per heavy atom. The summed E-state index contributed by atoms with van der Waals surface area (Å²) in [6, 6.07) is 6.55. The van der Waals surface area contributed by atoms with Crippen molar-refractivity contribution in [1.82, 2.24) is 21.0 Å². The number of nitrogens with one attached hydrogen (secondary N) is 3. The van der Waals surface area contributed by atoms with Crippen LogP contribution in [0.25, 0.3) is 0 Å². The summed E-state index contributed by atoms with van der Waals surface area (Å²) < 4.78 is 60.3. The third-order valence-corrected chi connectivity index (χ3v) is 8.31. The van der Waals surface area contributed by atoms with E-state index in [1.54, 1.807) is 24.3 Å². The largest absolute Gasteiger partial charge is 0.484 e. The second kappa shape index (κ2) is 43.6. The molecule has 0 aliphatic heterocycles. The van der Waals surface area contributed by atoms with Crippen LogP contribution in [0.4, 0.5) is 10.5 Å². The summed E-state index contributed by atoms with van der Waals surface area (Å²) in [5.41, 5.74) is 0.674. The summed E-state index contributed by atoms with van der Waals surface area (Å²) in [5, 5.41) is 14.7. The standard InChI is InChI=1S/C39H72N8O15S/c1-3-11-46(34-48)62-14-10-44-38(50)43-9-13-52-16-18-54-20-22-56-24-26-58-28-30-60-32-31-59-29-27-57-25-23-55-21-19-53-17-15-51-12-8-42-37(49)33-61-36-6-4-35(5-7-36)47(41)39(45-40)63-2/h4-7,34H,3,8-33,40-41H2,1-2H3,(H,42,49)(H2,43,44,50)/b45-39+. The monoisotopic (exact) mass is 924 g/mol. The topological polar surface area (TPSA) is 269 Å². The second-order valence-electron chi connectivity index (χ2n) is 12.5. The molecule has 0 aliphatic carbocycles. The van der Waals surface area contributed by atoms with E-state index in [0.717, 1.165) is 6.42 Å². The van der Waals surface area contributed by atoms with Crippen LogP contribution < -0.4 is 37.4 Å². The van der Waals surface area contributed by atoms with E-state index in [4.69, 9.17) is 68.6 Å². The lowest BCUT2D eigenvalue weighted by Crippen LogP contribution is -2.39. The Morgan fingerprint density at radius 1 is 0.619 bits per heavy atom. The van der Waals surface area contributed by atoms with Gasteiger partial charge in [-0.2, -0.15) is 5.10 Å². The highest BCUT2D eigenvalue weighted by molar-refractivity contribution is 8.13. The van der Waals surface area contributed by atoms with Crippen molar-refractivity contribution in [3.63, 3.8) is 0 Å². The van der Waals surface area contributed by atoms with Crippen LogP contribution in [0.1, 0.15) is 13.3 Å². The molecule has 0 unspecified atom stereocenters. The second-order valence-corrected chi connectivity index (χ2v) is 13.3. The van der Waals surface area contributed by atoms with Crippen molar-refractivity contribution in [3.05, 3.63) is 24.3 Å². The molecule has 7 N–H and O–H groups in total. The van der Waals surface area contributed by atoms with Gasteiger partial charge in [-0.1, -0.05) is 18.7 Å². The van der Waals surface area contributed by atoms with E-state index >= 15 is 0 Å². The number of amidine groups is 1. The number of amides is 4. The third-order valence-electron chi connectivity index (χ3n) is 7.64. The fourth-order valence-electron chi connectivity index (χ4n) is 4.57. The van der Waals surface area contributed by atoms with Crippen molar-refractivity contribution in [2.75, 3.05) is 183 Å². The van der Waals surface area contributed by atoms with Crippen LogP contribution in [0.5, 0.6) is 5.75 Å². The molecular weight excluding hydrogens is 853 g/mol. The van der Waals surface area contributed by atoms with Gasteiger partial charge >= 0.3 is 6.03 Å². The van der Waals surface area contributed by atoms with Crippen molar-refractivity contribution in [1.29, 1.82) is 0 Å². The highest BCUT2D eigenvalue weighted by Gasteiger charge is 2.10. The van der Waals surface area contributed by atoms with Crippen LogP contribution >= 0.6 is 11.8 Å². The molecule has 23 nitrogen and oxygen atoms in total. The zero-order valence-electron chi connectivity index (χ0n) is 37.0. The van der Waals surface area contributed by atoms with E-state index in [2.05, 4.69) is 21.1 Å². The molecule has 0 fully saturated rings. The number of carbonyl (C=O) groups excluding carboxylic acids is 3. The predicted octanol–water partition coefficient (Wildman–Crippen LogP) is -0.280. The van der Waals surface area contributed by atoms with Gasteiger partial charge in [-0.05, 0) is 36.9 Å². The van der Waals surface area contributed by atoms with Gasteiger partial charge in [-0.25, -0.2) is 15.7 Å². The molecule has 0 atom stereocenters. The Labute approximate surface area is 375 Å². The lowest BCUT2D eigenvalue weighted by atomic mass is 10.3. The molecule has 1 rings (SSSR count). The molecule has 0 bridgehead atoms. The number of anilines is 1. The first-order valence-corrected chi connectivity index (χ1v) is 22.2. The first kappa shape index (κ1) is 57.4. The molecule has 0 saturated heterocycles. The van der Waals surface area contributed by atoms with Crippen LogP contribution in [0.15, 0.2) is 29.4 Å². The average Bonchev–Trinajstić information content (AvgIpc) is 3.29. The van der Waals surface area contributed by atoms with Crippen molar-refractivity contribution in [2.24, 2.45) is 16.8 Å².